The van der Waals surface area contributed by atoms with Gasteiger partial charge in [0.2, 0.25) is 5.16 Å². The zero-order chi connectivity index (χ0) is 21.8. The number of Topliss-reactive ketones (excluding diaryl/α,β-unsaturated/α-hetero) is 1. The molecule has 0 aliphatic heterocycles. The number of thioether (sulfide) groups is 1. The van der Waals surface area contributed by atoms with Crippen molar-refractivity contribution in [1.29, 1.82) is 0 Å². The third-order valence-electron chi connectivity index (χ3n) is 5.26. The van der Waals surface area contributed by atoms with Crippen molar-refractivity contribution in [2.75, 3.05) is 5.75 Å². The molecule has 5 nitrogen and oxygen atoms in total. The van der Waals surface area contributed by atoms with Crippen LogP contribution in [0, 0.1) is 19.7 Å². The van der Waals surface area contributed by atoms with Crippen LogP contribution in [0.4, 0.5) is 4.39 Å². The van der Waals surface area contributed by atoms with E-state index in [2.05, 4.69) is 19.7 Å². The standard InChI is InChI=1S/C24H23FN4OS/c1-16-14-21(17(2)29(16)13-12-18-8-10-20(25)11-9-18)22(30)15-31-24-26-23(27-28-24)19-6-4-3-5-7-19/h3-11,14H,12-13,15H2,1-2H3,(H,26,27,28). The number of ketones is 1. The zero-order valence-electron chi connectivity index (χ0n) is 17.4. The number of carbonyl (C=O) groups is 1. The lowest BCUT2D eigenvalue weighted by Crippen LogP contribution is -2.08. The van der Waals surface area contributed by atoms with E-state index in [4.69, 9.17) is 0 Å². The molecule has 0 saturated carbocycles. The lowest BCUT2D eigenvalue weighted by atomic mass is 10.1. The number of H-pyrrole nitrogens is 1. The van der Waals surface area contributed by atoms with Gasteiger partial charge in [-0.3, -0.25) is 9.89 Å². The summed E-state index contributed by atoms with van der Waals surface area (Å²) in [7, 11) is 0. The molecular formula is C24H23FN4OS. The molecule has 0 fully saturated rings. The Balaban J connectivity index is 1.39. The number of nitrogens with one attached hydrogen (secondary N) is 1. The number of benzene rings is 2. The van der Waals surface area contributed by atoms with Gasteiger partial charge in [0.05, 0.1) is 5.75 Å². The summed E-state index contributed by atoms with van der Waals surface area (Å²) in [4.78, 5) is 17.3. The van der Waals surface area contributed by atoms with Gasteiger partial charge >= 0.3 is 0 Å². The summed E-state index contributed by atoms with van der Waals surface area (Å²) in [5, 5.41) is 7.69. The van der Waals surface area contributed by atoms with Gasteiger partial charge in [0.25, 0.3) is 0 Å². The average molecular weight is 435 g/mol. The van der Waals surface area contributed by atoms with Crippen LogP contribution >= 0.6 is 11.8 Å². The topological polar surface area (TPSA) is 63.6 Å². The minimum absolute atomic E-state index is 0.0530. The quantitative estimate of drug-likeness (QED) is 0.304. The normalized spacial score (nSPS) is 11.1. The van der Waals surface area contributed by atoms with Crippen LogP contribution in [0.1, 0.15) is 27.3 Å². The number of rotatable bonds is 8. The van der Waals surface area contributed by atoms with Crippen LogP contribution in [0.15, 0.2) is 65.8 Å². The van der Waals surface area contributed by atoms with Crippen LogP contribution < -0.4 is 0 Å². The molecule has 0 spiro atoms. The first-order valence-corrected chi connectivity index (χ1v) is 11.0. The highest BCUT2D eigenvalue weighted by molar-refractivity contribution is 7.99. The van der Waals surface area contributed by atoms with Gasteiger partial charge in [0, 0.05) is 29.1 Å². The van der Waals surface area contributed by atoms with Crippen LogP contribution in [-0.4, -0.2) is 31.3 Å². The monoisotopic (exact) mass is 434 g/mol. The molecule has 4 rings (SSSR count). The van der Waals surface area contributed by atoms with Crippen molar-refractivity contribution in [3.05, 3.63) is 89.0 Å². The molecule has 0 radical (unpaired) electrons. The minimum Gasteiger partial charge on any atom is -0.348 e. The van der Waals surface area contributed by atoms with Crippen LogP contribution in [0.5, 0.6) is 0 Å². The number of aryl methyl sites for hydroxylation is 2. The van der Waals surface area contributed by atoms with Gasteiger partial charge in [0.15, 0.2) is 11.6 Å². The number of hydrogen-bond donors (Lipinski definition) is 1. The van der Waals surface area contributed by atoms with Gasteiger partial charge < -0.3 is 4.57 Å². The molecule has 158 valence electrons. The number of hydrogen-bond acceptors (Lipinski definition) is 4. The molecule has 4 aromatic rings. The van der Waals surface area contributed by atoms with E-state index in [1.54, 1.807) is 12.1 Å². The summed E-state index contributed by atoms with van der Waals surface area (Å²) >= 11 is 1.33. The van der Waals surface area contributed by atoms with E-state index >= 15 is 0 Å². The van der Waals surface area contributed by atoms with Crippen LogP contribution in [-0.2, 0) is 13.0 Å². The first kappa shape index (κ1) is 21.1. The van der Waals surface area contributed by atoms with Gasteiger partial charge in [-0.25, -0.2) is 9.37 Å². The summed E-state index contributed by atoms with van der Waals surface area (Å²) in [6.45, 7) is 4.71. The highest BCUT2D eigenvalue weighted by atomic mass is 32.2. The number of halogens is 1. The van der Waals surface area contributed by atoms with Crippen molar-refractivity contribution in [3.63, 3.8) is 0 Å². The Hall–Kier alpha value is -3.19. The number of nitrogens with zero attached hydrogens (tertiary/aromatic N) is 3. The molecule has 0 aliphatic rings. The van der Waals surface area contributed by atoms with Crippen molar-refractivity contribution in [1.82, 2.24) is 19.7 Å². The molecular weight excluding hydrogens is 411 g/mol. The molecule has 0 atom stereocenters. The number of carbonyl (C=O) groups excluding carboxylic acids is 1. The number of aromatic nitrogens is 4. The summed E-state index contributed by atoms with van der Waals surface area (Å²) < 4.78 is 15.2. The fourth-order valence-electron chi connectivity index (χ4n) is 3.56. The van der Waals surface area contributed by atoms with Gasteiger partial charge in [-0.1, -0.05) is 54.2 Å². The molecule has 1 N–H and O–H groups in total. The molecule has 2 heterocycles. The predicted octanol–water partition coefficient (Wildman–Crippen LogP) is 5.25. The van der Waals surface area contributed by atoms with Gasteiger partial charge in [-0.15, -0.1) is 5.10 Å². The smallest absolute Gasteiger partial charge is 0.209 e. The number of aromatic amines is 1. The predicted molar refractivity (Wildman–Crippen MR) is 121 cm³/mol. The maximum Gasteiger partial charge on any atom is 0.209 e. The lowest BCUT2D eigenvalue weighted by Gasteiger charge is -2.10. The fourth-order valence-corrected chi connectivity index (χ4v) is 4.25. The van der Waals surface area contributed by atoms with E-state index in [0.29, 0.717) is 11.0 Å². The SMILES string of the molecule is Cc1cc(C(=O)CSc2n[nH]c(-c3ccccc3)n2)c(C)n1CCc1ccc(F)cc1. The summed E-state index contributed by atoms with van der Waals surface area (Å²) in [6.07, 6.45) is 0.776. The molecule has 7 heteroatoms. The van der Waals surface area contributed by atoms with Crippen molar-refractivity contribution in [2.24, 2.45) is 0 Å². The van der Waals surface area contributed by atoms with E-state index in [-0.39, 0.29) is 17.4 Å². The first-order chi connectivity index (χ1) is 15.0. The zero-order valence-corrected chi connectivity index (χ0v) is 18.2. The average Bonchev–Trinajstić information content (AvgIpc) is 3.37. The Labute approximate surface area is 184 Å². The van der Waals surface area contributed by atoms with E-state index in [1.807, 2.05) is 50.2 Å². The highest BCUT2D eigenvalue weighted by Crippen LogP contribution is 2.22. The Morgan fingerprint density at radius 2 is 1.84 bits per heavy atom. The molecule has 0 amide bonds. The van der Waals surface area contributed by atoms with Crippen molar-refractivity contribution in [3.8, 4) is 11.4 Å². The van der Waals surface area contributed by atoms with Crippen molar-refractivity contribution >= 4 is 17.5 Å². The van der Waals surface area contributed by atoms with Crippen LogP contribution in [0.3, 0.4) is 0 Å². The third-order valence-corrected chi connectivity index (χ3v) is 6.10. The molecule has 0 unspecified atom stereocenters. The van der Waals surface area contributed by atoms with E-state index < -0.39 is 0 Å². The van der Waals surface area contributed by atoms with Gasteiger partial charge in [0.1, 0.15) is 5.82 Å². The molecule has 2 aromatic heterocycles. The van der Waals surface area contributed by atoms with E-state index in [0.717, 1.165) is 41.0 Å². The second kappa shape index (κ2) is 9.31. The molecule has 31 heavy (non-hydrogen) atoms. The fraction of sp³-hybridized carbons (Fsp3) is 0.208. The van der Waals surface area contributed by atoms with Crippen molar-refractivity contribution < 1.29 is 9.18 Å². The lowest BCUT2D eigenvalue weighted by molar-refractivity contribution is 0.102. The second-order valence-corrected chi connectivity index (χ2v) is 8.30. The van der Waals surface area contributed by atoms with Crippen LogP contribution in [0.25, 0.3) is 11.4 Å². The van der Waals surface area contributed by atoms with Crippen LogP contribution in [0.2, 0.25) is 0 Å². The molecule has 2 aromatic carbocycles. The summed E-state index contributed by atoms with van der Waals surface area (Å²) in [5.74, 6) is 0.783. The Morgan fingerprint density at radius 1 is 1.10 bits per heavy atom. The van der Waals surface area contributed by atoms with Crippen molar-refractivity contribution in [2.45, 2.75) is 32.0 Å². The Morgan fingerprint density at radius 3 is 2.58 bits per heavy atom. The summed E-state index contributed by atoms with van der Waals surface area (Å²) in [5.41, 5.74) is 4.74. The van der Waals surface area contributed by atoms with Gasteiger partial charge in [-0.2, -0.15) is 0 Å². The molecule has 0 bridgehead atoms. The van der Waals surface area contributed by atoms with E-state index in [1.165, 1.54) is 23.9 Å². The minimum atomic E-state index is -0.232. The van der Waals surface area contributed by atoms with E-state index in [9.17, 15) is 9.18 Å². The maximum absolute atomic E-state index is 13.1. The Bertz CT molecular complexity index is 1180. The molecule has 0 aliphatic carbocycles. The summed E-state index contributed by atoms with van der Waals surface area (Å²) in [6, 6.07) is 18.2. The largest absolute Gasteiger partial charge is 0.348 e. The first-order valence-electron chi connectivity index (χ1n) is 10.1. The second-order valence-electron chi connectivity index (χ2n) is 7.36. The molecule has 0 saturated heterocycles. The Kier molecular flexibility index (Phi) is 6.32. The maximum atomic E-state index is 13.1. The van der Waals surface area contributed by atoms with Gasteiger partial charge in [-0.05, 0) is 44.0 Å². The highest BCUT2D eigenvalue weighted by Gasteiger charge is 2.17. The third kappa shape index (κ3) is 4.94.